The first-order chi connectivity index (χ1) is 15.7. The maximum Gasteiger partial charge on any atom is 0.325 e. The third-order valence-electron chi connectivity index (χ3n) is 6.10. The highest BCUT2D eigenvalue weighted by atomic mass is 32.2. The number of piperazine rings is 1. The van der Waals surface area contributed by atoms with Crippen LogP contribution in [0.5, 0.6) is 0 Å². The Balaban J connectivity index is 1.36. The van der Waals surface area contributed by atoms with Crippen molar-refractivity contribution in [2.75, 3.05) is 32.7 Å². The average molecular weight is 471 g/mol. The van der Waals surface area contributed by atoms with Crippen molar-refractivity contribution in [3.8, 4) is 0 Å². The summed E-state index contributed by atoms with van der Waals surface area (Å²) in [6, 6.07) is 17.2. The van der Waals surface area contributed by atoms with E-state index in [9.17, 15) is 22.8 Å². The van der Waals surface area contributed by atoms with Crippen molar-refractivity contribution in [2.45, 2.75) is 18.2 Å². The van der Waals surface area contributed by atoms with Gasteiger partial charge in [-0.1, -0.05) is 60.7 Å². The zero-order chi connectivity index (χ0) is 23.6. The van der Waals surface area contributed by atoms with E-state index < -0.39 is 33.4 Å². The molecule has 2 fully saturated rings. The number of sulfonamides is 1. The molecule has 2 aromatic rings. The smallest absolute Gasteiger partial charge is 0.325 e. The van der Waals surface area contributed by atoms with Gasteiger partial charge >= 0.3 is 6.03 Å². The third-order valence-corrected chi connectivity index (χ3v) is 7.95. The van der Waals surface area contributed by atoms with Crippen molar-refractivity contribution >= 4 is 27.9 Å². The van der Waals surface area contributed by atoms with Crippen LogP contribution in [0.25, 0.3) is 0 Å². The van der Waals surface area contributed by atoms with E-state index in [4.69, 9.17) is 0 Å². The van der Waals surface area contributed by atoms with E-state index in [1.165, 1.54) is 9.21 Å². The van der Waals surface area contributed by atoms with Crippen molar-refractivity contribution in [1.82, 2.24) is 19.4 Å². The van der Waals surface area contributed by atoms with Gasteiger partial charge in [-0.3, -0.25) is 14.5 Å². The van der Waals surface area contributed by atoms with Gasteiger partial charge < -0.3 is 10.2 Å². The van der Waals surface area contributed by atoms with E-state index >= 15 is 0 Å². The van der Waals surface area contributed by atoms with Gasteiger partial charge in [0.05, 0.1) is 5.75 Å². The second-order valence-corrected chi connectivity index (χ2v) is 10.3. The molecule has 0 unspecified atom stereocenters. The summed E-state index contributed by atoms with van der Waals surface area (Å²) in [6.45, 7) is 1.97. The SMILES string of the molecule is C[C@]1(c2ccccc2)NC(=O)N(CC(=O)N2CCN(S(=O)(=O)Cc3ccccc3)CC2)C1=O. The second kappa shape index (κ2) is 8.95. The Morgan fingerprint density at radius 2 is 1.52 bits per heavy atom. The zero-order valence-corrected chi connectivity index (χ0v) is 19.1. The first-order valence-electron chi connectivity index (χ1n) is 10.7. The van der Waals surface area contributed by atoms with Crippen molar-refractivity contribution < 1.29 is 22.8 Å². The van der Waals surface area contributed by atoms with Gasteiger partial charge in [-0.25, -0.2) is 13.2 Å². The van der Waals surface area contributed by atoms with Gasteiger partial charge in [0.15, 0.2) is 0 Å². The normalized spacial score (nSPS) is 21.8. The zero-order valence-electron chi connectivity index (χ0n) is 18.3. The fourth-order valence-electron chi connectivity index (χ4n) is 4.13. The molecular weight excluding hydrogens is 444 g/mol. The molecule has 2 saturated heterocycles. The fraction of sp³-hybridized carbons (Fsp3) is 0.348. The predicted octanol–water partition coefficient (Wildman–Crippen LogP) is 1.13. The summed E-state index contributed by atoms with van der Waals surface area (Å²) in [5.41, 5.74) is 0.106. The van der Waals surface area contributed by atoms with Crippen molar-refractivity contribution in [3.05, 3.63) is 71.8 Å². The van der Waals surface area contributed by atoms with E-state index in [-0.39, 0.29) is 38.5 Å². The number of rotatable bonds is 6. The number of hydrogen-bond donors (Lipinski definition) is 1. The van der Waals surface area contributed by atoms with Crippen LogP contribution in [0.4, 0.5) is 4.79 Å². The minimum absolute atomic E-state index is 0.0949. The molecule has 0 spiro atoms. The third kappa shape index (κ3) is 4.62. The summed E-state index contributed by atoms with van der Waals surface area (Å²) in [4.78, 5) is 40.7. The largest absolute Gasteiger partial charge is 0.338 e. The van der Waals surface area contributed by atoms with Crippen LogP contribution >= 0.6 is 0 Å². The van der Waals surface area contributed by atoms with E-state index in [0.717, 1.165) is 4.90 Å². The molecule has 2 heterocycles. The first kappa shape index (κ1) is 22.9. The molecule has 10 heteroatoms. The van der Waals surface area contributed by atoms with E-state index in [1.54, 1.807) is 55.5 Å². The first-order valence-corrected chi connectivity index (χ1v) is 12.3. The molecule has 1 N–H and O–H groups in total. The van der Waals surface area contributed by atoms with E-state index in [0.29, 0.717) is 11.1 Å². The number of carbonyl (C=O) groups excluding carboxylic acids is 3. The van der Waals surface area contributed by atoms with E-state index in [1.807, 2.05) is 12.1 Å². The Labute approximate surface area is 193 Å². The number of hydrogen-bond acceptors (Lipinski definition) is 5. The molecule has 0 aliphatic carbocycles. The molecule has 174 valence electrons. The summed E-state index contributed by atoms with van der Waals surface area (Å²) < 4.78 is 26.8. The lowest BCUT2D eigenvalue weighted by Gasteiger charge is -2.34. The summed E-state index contributed by atoms with van der Waals surface area (Å²) in [7, 11) is -3.50. The van der Waals surface area contributed by atoms with Crippen molar-refractivity contribution in [2.24, 2.45) is 0 Å². The lowest BCUT2D eigenvalue weighted by Crippen LogP contribution is -2.53. The minimum Gasteiger partial charge on any atom is -0.338 e. The number of carbonyl (C=O) groups is 3. The molecule has 33 heavy (non-hydrogen) atoms. The molecule has 9 nitrogen and oxygen atoms in total. The highest BCUT2D eigenvalue weighted by Gasteiger charge is 2.49. The number of urea groups is 1. The van der Waals surface area contributed by atoms with Crippen LogP contribution in [0, 0.1) is 0 Å². The number of benzene rings is 2. The number of imide groups is 1. The molecule has 4 amide bonds. The van der Waals surface area contributed by atoms with Gasteiger partial charge in [-0.2, -0.15) is 4.31 Å². The Morgan fingerprint density at radius 1 is 0.939 bits per heavy atom. The lowest BCUT2D eigenvalue weighted by atomic mass is 9.92. The van der Waals surface area contributed by atoms with Crippen LogP contribution in [-0.4, -0.2) is 73.1 Å². The molecule has 0 aromatic heterocycles. The van der Waals surface area contributed by atoms with Gasteiger partial charge in [-0.15, -0.1) is 0 Å². The Kier molecular flexibility index (Phi) is 6.22. The Morgan fingerprint density at radius 3 is 2.12 bits per heavy atom. The molecule has 0 radical (unpaired) electrons. The van der Waals surface area contributed by atoms with Crippen LogP contribution in [0.2, 0.25) is 0 Å². The van der Waals surface area contributed by atoms with Crippen LogP contribution < -0.4 is 5.32 Å². The standard InChI is InChI=1S/C23H26N4O5S/c1-23(19-10-6-3-7-11-19)21(29)27(22(30)24-23)16-20(28)25-12-14-26(15-13-25)33(31,32)17-18-8-4-2-5-9-18/h2-11H,12-17H2,1H3,(H,24,30)/t23-/m1/s1. The summed E-state index contributed by atoms with van der Waals surface area (Å²) >= 11 is 0. The topological polar surface area (TPSA) is 107 Å². The molecule has 2 aliphatic heterocycles. The molecular formula is C23H26N4O5S. The number of nitrogens with one attached hydrogen (secondary N) is 1. The molecule has 1 atom stereocenters. The van der Waals surface area contributed by atoms with Gasteiger partial charge in [0.2, 0.25) is 15.9 Å². The Hall–Kier alpha value is -3.24. The van der Waals surface area contributed by atoms with Gasteiger partial charge in [0.25, 0.3) is 5.91 Å². The summed E-state index contributed by atoms with van der Waals surface area (Å²) in [5.74, 6) is -0.977. The fourth-order valence-corrected chi connectivity index (χ4v) is 5.65. The predicted molar refractivity (Wildman–Crippen MR) is 121 cm³/mol. The van der Waals surface area contributed by atoms with Gasteiger partial charge in [0.1, 0.15) is 12.1 Å². The van der Waals surface area contributed by atoms with Crippen LogP contribution in [0.1, 0.15) is 18.1 Å². The van der Waals surface area contributed by atoms with Crippen LogP contribution in [0.3, 0.4) is 0 Å². The second-order valence-electron chi connectivity index (χ2n) is 8.33. The maximum atomic E-state index is 13.0. The highest BCUT2D eigenvalue weighted by molar-refractivity contribution is 7.88. The monoisotopic (exact) mass is 470 g/mol. The minimum atomic E-state index is -3.50. The van der Waals surface area contributed by atoms with Crippen LogP contribution in [-0.2, 0) is 30.9 Å². The van der Waals surface area contributed by atoms with Crippen LogP contribution in [0.15, 0.2) is 60.7 Å². The maximum absolute atomic E-state index is 13.0. The molecule has 2 aliphatic rings. The quantitative estimate of drug-likeness (QED) is 0.637. The van der Waals surface area contributed by atoms with Gasteiger partial charge in [-0.05, 0) is 18.1 Å². The number of nitrogens with zero attached hydrogens (tertiary/aromatic N) is 3. The molecule has 4 rings (SSSR count). The van der Waals surface area contributed by atoms with Crippen molar-refractivity contribution in [1.29, 1.82) is 0 Å². The van der Waals surface area contributed by atoms with E-state index in [2.05, 4.69) is 5.32 Å². The average Bonchev–Trinajstić information content (AvgIpc) is 3.04. The summed E-state index contributed by atoms with van der Waals surface area (Å²) in [5, 5.41) is 2.68. The number of amides is 4. The van der Waals surface area contributed by atoms with Crippen molar-refractivity contribution in [3.63, 3.8) is 0 Å². The summed E-state index contributed by atoms with van der Waals surface area (Å²) in [6.07, 6.45) is 0. The Bertz CT molecular complexity index is 1150. The molecule has 0 bridgehead atoms. The lowest BCUT2D eigenvalue weighted by molar-refractivity contribution is -0.139. The highest BCUT2D eigenvalue weighted by Crippen LogP contribution is 2.28. The van der Waals surface area contributed by atoms with Gasteiger partial charge in [0, 0.05) is 26.2 Å². The molecule has 2 aromatic carbocycles. The molecule has 0 saturated carbocycles.